The number of hydrogen-bond donors (Lipinski definition) is 1. The summed E-state index contributed by atoms with van der Waals surface area (Å²) in [6, 6.07) is 0. The Morgan fingerprint density at radius 1 is 1.33 bits per heavy atom. The predicted molar refractivity (Wildman–Crippen MR) is 38.3 cm³/mol. The third-order valence-corrected chi connectivity index (χ3v) is 0.927. The summed E-state index contributed by atoms with van der Waals surface area (Å²) in [5.74, 6) is 0. The van der Waals surface area contributed by atoms with E-state index in [1.165, 1.54) is 0 Å². The van der Waals surface area contributed by atoms with Crippen LogP contribution in [0.5, 0.6) is 0 Å². The molecule has 0 fully saturated rings. The Bertz CT molecular complexity index is 65.8. The summed E-state index contributed by atoms with van der Waals surface area (Å²) in [6.45, 7) is 7.47. The molecule has 2 heteroatoms. The minimum Gasteiger partial charge on any atom is -0.314 e. The van der Waals surface area contributed by atoms with Crippen molar-refractivity contribution in [3.63, 3.8) is 0 Å². The third kappa shape index (κ3) is 7.89. The van der Waals surface area contributed by atoms with Gasteiger partial charge in [-0.1, -0.05) is 20.8 Å². The van der Waals surface area contributed by atoms with Gasteiger partial charge < -0.3 is 5.32 Å². The minimum absolute atomic E-state index is 0.268. The molecule has 0 atom stereocenters. The Hall–Kier alpha value is -0.110. The Labute approximate surface area is 56.6 Å². The lowest BCUT2D eigenvalue weighted by Crippen LogP contribution is -2.28. The lowest BCUT2D eigenvalue weighted by atomic mass is 9.97. The van der Waals surface area contributed by atoms with Gasteiger partial charge in [0.2, 0.25) is 0 Å². The van der Waals surface area contributed by atoms with Crippen LogP contribution in [-0.2, 0) is 0 Å². The normalized spacial score (nSPS) is 12.0. The van der Waals surface area contributed by atoms with Crippen LogP contribution < -0.4 is 5.32 Å². The first kappa shape index (κ1) is 8.89. The van der Waals surface area contributed by atoms with Gasteiger partial charge in [0.15, 0.2) is 0 Å². The third-order valence-electron chi connectivity index (χ3n) is 0.927. The maximum absolute atomic E-state index is 11.5. The number of alkyl halides is 1. The van der Waals surface area contributed by atoms with Crippen LogP contribution in [0.3, 0.4) is 0 Å². The molecule has 0 radical (unpaired) electrons. The molecule has 0 aromatic rings. The Morgan fingerprint density at radius 3 is 2.22 bits per heavy atom. The Balaban J connectivity index is 3.07. The molecular weight excluding hydrogens is 117 g/mol. The molecule has 0 aromatic carbocycles. The monoisotopic (exact) mass is 133 g/mol. The zero-order chi connectivity index (χ0) is 7.33. The molecule has 0 unspecified atom stereocenters. The molecule has 0 aliphatic carbocycles. The van der Waals surface area contributed by atoms with Crippen molar-refractivity contribution in [3.05, 3.63) is 0 Å². The van der Waals surface area contributed by atoms with E-state index >= 15 is 0 Å². The fourth-order valence-corrected chi connectivity index (χ4v) is 0.530. The summed E-state index contributed by atoms with van der Waals surface area (Å²) < 4.78 is 11.5. The van der Waals surface area contributed by atoms with Crippen LogP contribution >= 0.6 is 0 Å². The lowest BCUT2D eigenvalue weighted by molar-refractivity contribution is 0.364. The molecule has 56 valence electrons. The van der Waals surface area contributed by atoms with E-state index in [2.05, 4.69) is 26.1 Å². The van der Waals surface area contributed by atoms with Crippen LogP contribution in [0, 0.1) is 5.41 Å². The quantitative estimate of drug-likeness (QED) is 0.576. The summed E-state index contributed by atoms with van der Waals surface area (Å²) in [5, 5.41) is 3.00. The molecule has 0 aliphatic rings. The van der Waals surface area contributed by atoms with Crippen LogP contribution in [0.4, 0.5) is 4.39 Å². The molecule has 0 saturated carbocycles. The Kier molecular flexibility index (Phi) is 3.78. The van der Waals surface area contributed by atoms with Crippen molar-refractivity contribution in [1.82, 2.24) is 5.32 Å². The second-order valence-electron chi connectivity index (χ2n) is 3.43. The first-order chi connectivity index (χ1) is 4.06. The Morgan fingerprint density at radius 2 is 1.89 bits per heavy atom. The first-order valence-electron chi connectivity index (χ1n) is 3.33. The van der Waals surface area contributed by atoms with Crippen molar-refractivity contribution in [2.75, 3.05) is 19.8 Å². The van der Waals surface area contributed by atoms with Gasteiger partial charge in [0.05, 0.1) is 0 Å². The predicted octanol–water partition coefficient (Wildman–Crippen LogP) is 1.59. The molecule has 1 nitrogen and oxygen atoms in total. The van der Waals surface area contributed by atoms with Crippen molar-refractivity contribution in [3.8, 4) is 0 Å². The van der Waals surface area contributed by atoms with Gasteiger partial charge in [-0.05, 0) is 5.41 Å². The number of rotatable bonds is 3. The van der Waals surface area contributed by atoms with Gasteiger partial charge in [0, 0.05) is 13.1 Å². The molecule has 0 bridgehead atoms. The summed E-state index contributed by atoms with van der Waals surface area (Å²) in [5.41, 5.74) is 0.273. The zero-order valence-corrected chi connectivity index (χ0v) is 6.50. The van der Waals surface area contributed by atoms with Crippen LogP contribution in [0.1, 0.15) is 20.8 Å². The molecule has 0 aliphatic heterocycles. The number of hydrogen-bond acceptors (Lipinski definition) is 1. The van der Waals surface area contributed by atoms with Crippen LogP contribution in [-0.4, -0.2) is 19.8 Å². The van der Waals surface area contributed by atoms with Gasteiger partial charge in [-0.3, -0.25) is 0 Å². The summed E-state index contributed by atoms with van der Waals surface area (Å²) in [4.78, 5) is 0. The molecule has 0 amide bonds. The van der Waals surface area contributed by atoms with Crippen molar-refractivity contribution in [2.24, 2.45) is 5.41 Å². The zero-order valence-electron chi connectivity index (χ0n) is 6.50. The minimum atomic E-state index is -0.268. The van der Waals surface area contributed by atoms with E-state index in [9.17, 15) is 4.39 Å². The van der Waals surface area contributed by atoms with E-state index < -0.39 is 0 Å². The van der Waals surface area contributed by atoms with Crippen LogP contribution in [0.25, 0.3) is 0 Å². The topological polar surface area (TPSA) is 12.0 Å². The fraction of sp³-hybridized carbons (Fsp3) is 1.00. The maximum atomic E-state index is 11.5. The molecule has 0 aromatic heterocycles. The smallest absolute Gasteiger partial charge is 0.102 e. The van der Waals surface area contributed by atoms with Gasteiger partial charge in [-0.25, -0.2) is 4.39 Å². The van der Waals surface area contributed by atoms with Gasteiger partial charge >= 0.3 is 0 Å². The average Bonchev–Trinajstić information content (AvgIpc) is 1.63. The number of halogens is 1. The van der Waals surface area contributed by atoms with Gasteiger partial charge in [0.1, 0.15) is 6.67 Å². The largest absolute Gasteiger partial charge is 0.314 e. The van der Waals surface area contributed by atoms with Crippen LogP contribution in [0.2, 0.25) is 0 Å². The van der Waals surface area contributed by atoms with Crippen molar-refractivity contribution < 1.29 is 4.39 Å². The maximum Gasteiger partial charge on any atom is 0.102 e. The average molecular weight is 133 g/mol. The summed E-state index contributed by atoms with van der Waals surface area (Å²) in [6.07, 6.45) is 0. The van der Waals surface area contributed by atoms with E-state index in [1.54, 1.807) is 0 Å². The molecule has 0 heterocycles. The second kappa shape index (κ2) is 3.83. The van der Waals surface area contributed by atoms with E-state index in [0.29, 0.717) is 6.54 Å². The van der Waals surface area contributed by atoms with E-state index in [4.69, 9.17) is 0 Å². The highest BCUT2D eigenvalue weighted by molar-refractivity contribution is 4.63. The highest BCUT2D eigenvalue weighted by Gasteiger charge is 2.07. The van der Waals surface area contributed by atoms with E-state index in [1.807, 2.05) is 0 Å². The van der Waals surface area contributed by atoms with Crippen molar-refractivity contribution >= 4 is 0 Å². The molecular formula is C7H16FN. The lowest BCUT2D eigenvalue weighted by Gasteiger charge is -2.17. The highest BCUT2D eigenvalue weighted by Crippen LogP contribution is 2.09. The molecule has 0 spiro atoms. The molecule has 9 heavy (non-hydrogen) atoms. The molecule has 1 N–H and O–H groups in total. The first-order valence-corrected chi connectivity index (χ1v) is 3.33. The number of nitrogens with one attached hydrogen (secondary N) is 1. The van der Waals surface area contributed by atoms with Gasteiger partial charge in [0.25, 0.3) is 0 Å². The van der Waals surface area contributed by atoms with Crippen molar-refractivity contribution in [1.29, 1.82) is 0 Å². The van der Waals surface area contributed by atoms with Gasteiger partial charge in [-0.2, -0.15) is 0 Å². The van der Waals surface area contributed by atoms with E-state index in [0.717, 1.165) is 6.54 Å². The van der Waals surface area contributed by atoms with E-state index in [-0.39, 0.29) is 12.1 Å². The summed E-state index contributed by atoms with van der Waals surface area (Å²) >= 11 is 0. The summed E-state index contributed by atoms with van der Waals surface area (Å²) in [7, 11) is 0. The molecule has 0 saturated heterocycles. The van der Waals surface area contributed by atoms with Crippen LogP contribution in [0.15, 0.2) is 0 Å². The van der Waals surface area contributed by atoms with Gasteiger partial charge in [-0.15, -0.1) is 0 Å². The fourth-order valence-electron chi connectivity index (χ4n) is 0.530. The molecule has 0 rings (SSSR count). The SMILES string of the molecule is CC(C)(C)CNCCF. The standard InChI is InChI=1S/C7H16FN/c1-7(2,3)6-9-5-4-8/h9H,4-6H2,1-3H3. The second-order valence-corrected chi connectivity index (χ2v) is 3.43. The highest BCUT2D eigenvalue weighted by atomic mass is 19.1. The van der Waals surface area contributed by atoms with Crippen molar-refractivity contribution in [2.45, 2.75) is 20.8 Å².